The zero-order chi connectivity index (χ0) is 19.2. The summed E-state index contributed by atoms with van der Waals surface area (Å²) in [7, 11) is 2.98. The maximum absolute atomic E-state index is 12.3. The molecule has 3 rings (SSSR count). The predicted molar refractivity (Wildman–Crippen MR) is 103 cm³/mol. The summed E-state index contributed by atoms with van der Waals surface area (Å²) in [5.41, 5.74) is 0.328. The van der Waals surface area contributed by atoms with Crippen LogP contribution < -0.4 is 9.47 Å². The Morgan fingerprint density at radius 3 is 2.78 bits per heavy atom. The molecular weight excluding hydrogens is 388 g/mol. The first-order valence-electron chi connectivity index (χ1n) is 7.84. The molecular formula is C18H16N2O5S2. The van der Waals surface area contributed by atoms with E-state index in [1.165, 1.54) is 43.6 Å². The minimum Gasteiger partial charge on any atom is -0.497 e. The van der Waals surface area contributed by atoms with Crippen LogP contribution in [0.5, 0.6) is 11.5 Å². The molecule has 0 fully saturated rings. The number of ketones is 1. The van der Waals surface area contributed by atoms with E-state index >= 15 is 0 Å². The van der Waals surface area contributed by atoms with Gasteiger partial charge in [-0.05, 0) is 23.6 Å². The van der Waals surface area contributed by atoms with Gasteiger partial charge in [-0.15, -0.1) is 11.3 Å². The Morgan fingerprint density at radius 1 is 1.15 bits per heavy atom. The number of hydrogen-bond donors (Lipinski definition) is 0. The molecule has 2 heterocycles. The summed E-state index contributed by atoms with van der Waals surface area (Å²) in [6.07, 6.45) is 1.46. The van der Waals surface area contributed by atoms with Crippen molar-refractivity contribution in [2.24, 2.45) is 0 Å². The number of aromatic nitrogens is 2. The number of thioether (sulfide) groups is 1. The van der Waals surface area contributed by atoms with E-state index in [-0.39, 0.29) is 18.1 Å². The lowest BCUT2D eigenvalue weighted by Gasteiger charge is -2.10. The second kappa shape index (κ2) is 8.83. The highest BCUT2D eigenvalue weighted by Crippen LogP contribution is 2.28. The molecule has 0 saturated heterocycles. The van der Waals surface area contributed by atoms with Crippen molar-refractivity contribution in [1.82, 2.24) is 9.97 Å². The Hall–Kier alpha value is -2.65. The number of Topliss-reactive ketones (excluding diaryl/α,β-unsaturated/α-hetero) is 1. The van der Waals surface area contributed by atoms with Crippen LogP contribution in [0.2, 0.25) is 0 Å². The SMILES string of the molecule is COc1ccc(C(=O)COC(=O)CSc2ncnc3sccc23)c(OC)c1. The van der Waals surface area contributed by atoms with Gasteiger partial charge in [0, 0.05) is 11.5 Å². The Kier molecular flexibility index (Phi) is 6.25. The molecule has 0 aliphatic rings. The van der Waals surface area contributed by atoms with Gasteiger partial charge in [-0.3, -0.25) is 9.59 Å². The second-order valence-electron chi connectivity index (χ2n) is 5.26. The molecule has 0 bridgehead atoms. The van der Waals surface area contributed by atoms with E-state index in [0.29, 0.717) is 22.1 Å². The van der Waals surface area contributed by atoms with Crippen molar-refractivity contribution >= 4 is 45.1 Å². The average molecular weight is 404 g/mol. The molecule has 0 aliphatic heterocycles. The number of carbonyl (C=O) groups is 2. The van der Waals surface area contributed by atoms with Gasteiger partial charge < -0.3 is 14.2 Å². The van der Waals surface area contributed by atoms with Crippen LogP contribution in [0.3, 0.4) is 0 Å². The van der Waals surface area contributed by atoms with Gasteiger partial charge in [0.25, 0.3) is 0 Å². The fraction of sp³-hybridized carbons (Fsp3) is 0.222. The molecule has 0 radical (unpaired) electrons. The maximum atomic E-state index is 12.3. The molecule has 9 heteroatoms. The molecule has 0 saturated carbocycles. The Labute approximate surface area is 163 Å². The van der Waals surface area contributed by atoms with Crippen LogP contribution in [0, 0.1) is 0 Å². The van der Waals surface area contributed by atoms with Crippen LogP contribution in [0.15, 0.2) is 41.0 Å². The van der Waals surface area contributed by atoms with Gasteiger partial charge >= 0.3 is 5.97 Å². The number of rotatable bonds is 8. The monoisotopic (exact) mass is 404 g/mol. The number of esters is 1. The fourth-order valence-corrected chi connectivity index (χ4v) is 3.88. The number of benzene rings is 1. The van der Waals surface area contributed by atoms with E-state index in [9.17, 15) is 9.59 Å². The van der Waals surface area contributed by atoms with E-state index < -0.39 is 5.97 Å². The molecule has 140 valence electrons. The van der Waals surface area contributed by atoms with Crippen molar-refractivity contribution in [1.29, 1.82) is 0 Å². The highest BCUT2D eigenvalue weighted by molar-refractivity contribution is 8.00. The van der Waals surface area contributed by atoms with Gasteiger partial charge in [-0.25, -0.2) is 9.97 Å². The third kappa shape index (κ3) is 4.55. The summed E-state index contributed by atoms with van der Waals surface area (Å²) in [5.74, 6) is 0.138. The van der Waals surface area contributed by atoms with Crippen molar-refractivity contribution in [3.63, 3.8) is 0 Å². The molecule has 0 N–H and O–H groups in total. The molecule has 7 nitrogen and oxygen atoms in total. The lowest BCUT2D eigenvalue weighted by atomic mass is 10.1. The second-order valence-corrected chi connectivity index (χ2v) is 7.12. The van der Waals surface area contributed by atoms with Gasteiger partial charge in [-0.2, -0.15) is 0 Å². The standard InChI is InChI=1S/C18H16N2O5S2/c1-23-11-3-4-12(15(7-11)24-2)14(21)8-25-16(22)9-27-18-13-5-6-26-17(13)19-10-20-18/h3-7,10H,8-9H2,1-2H3. The Bertz CT molecular complexity index is 973. The van der Waals surface area contributed by atoms with E-state index in [4.69, 9.17) is 14.2 Å². The fourth-order valence-electron chi connectivity index (χ4n) is 2.30. The summed E-state index contributed by atoms with van der Waals surface area (Å²) in [5, 5.41) is 3.53. The minimum atomic E-state index is -0.497. The summed E-state index contributed by atoms with van der Waals surface area (Å²) < 4.78 is 15.4. The van der Waals surface area contributed by atoms with Crippen molar-refractivity contribution in [3.8, 4) is 11.5 Å². The molecule has 0 atom stereocenters. The first-order valence-corrected chi connectivity index (χ1v) is 9.70. The number of methoxy groups -OCH3 is 2. The number of thiophene rings is 1. The van der Waals surface area contributed by atoms with E-state index in [0.717, 1.165) is 10.2 Å². The van der Waals surface area contributed by atoms with Gasteiger partial charge in [-0.1, -0.05) is 11.8 Å². The van der Waals surface area contributed by atoms with Crippen molar-refractivity contribution in [2.75, 3.05) is 26.6 Å². The van der Waals surface area contributed by atoms with Crippen molar-refractivity contribution in [2.45, 2.75) is 5.03 Å². The predicted octanol–water partition coefficient (Wildman–Crippen LogP) is 3.23. The van der Waals surface area contributed by atoms with Crippen LogP contribution in [-0.2, 0) is 9.53 Å². The number of ether oxygens (including phenoxy) is 3. The summed E-state index contributed by atoms with van der Waals surface area (Å²) in [6, 6.07) is 6.74. The number of fused-ring (bicyclic) bond motifs is 1. The van der Waals surface area contributed by atoms with Crippen LogP contribution in [-0.4, -0.2) is 48.3 Å². The molecule has 27 heavy (non-hydrogen) atoms. The molecule has 3 aromatic rings. The molecule has 2 aromatic heterocycles. The van der Waals surface area contributed by atoms with E-state index in [2.05, 4.69) is 9.97 Å². The van der Waals surface area contributed by atoms with Gasteiger partial charge in [0.15, 0.2) is 6.61 Å². The van der Waals surface area contributed by atoms with Crippen LogP contribution in [0.4, 0.5) is 0 Å². The van der Waals surface area contributed by atoms with E-state index in [1.807, 2.05) is 11.4 Å². The lowest BCUT2D eigenvalue weighted by molar-refractivity contribution is -0.139. The normalized spacial score (nSPS) is 10.6. The lowest BCUT2D eigenvalue weighted by Crippen LogP contribution is -2.16. The van der Waals surface area contributed by atoms with Gasteiger partial charge in [0.1, 0.15) is 27.7 Å². The van der Waals surface area contributed by atoms with Crippen molar-refractivity contribution in [3.05, 3.63) is 41.5 Å². The van der Waals surface area contributed by atoms with Crippen LogP contribution >= 0.6 is 23.1 Å². The number of hydrogen-bond acceptors (Lipinski definition) is 9. The third-order valence-electron chi connectivity index (χ3n) is 3.63. The summed E-state index contributed by atoms with van der Waals surface area (Å²) in [4.78, 5) is 33.5. The highest BCUT2D eigenvalue weighted by atomic mass is 32.2. The molecule has 0 unspecified atom stereocenters. The van der Waals surface area contributed by atoms with Crippen molar-refractivity contribution < 1.29 is 23.8 Å². The third-order valence-corrected chi connectivity index (χ3v) is 5.42. The van der Waals surface area contributed by atoms with Crippen LogP contribution in [0.25, 0.3) is 10.2 Å². The topological polar surface area (TPSA) is 87.6 Å². The molecule has 1 aromatic carbocycles. The number of nitrogens with zero attached hydrogens (tertiary/aromatic N) is 2. The zero-order valence-electron chi connectivity index (χ0n) is 14.6. The minimum absolute atomic E-state index is 0.0506. The summed E-state index contributed by atoms with van der Waals surface area (Å²) >= 11 is 2.76. The van der Waals surface area contributed by atoms with Gasteiger partial charge in [0.2, 0.25) is 5.78 Å². The zero-order valence-corrected chi connectivity index (χ0v) is 16.3. The maximum Gasteiger partial charge on any atom is 0.316 e. The molecule has 0 amide bonds. The Morgan fingerprint density at radius 2 is 2.00 bits per heavy atom. The first-order chi connectivity index (χ1) is 13.1. The highest BCUT2D eigenvalue weighted by Gasteiger charge is 2.16. The Balaban J connectivity index is 1.56. The van der Waals surface area contributed by atoms with Gasteiger partial charge in [0.05, 0.1) is 25.5 Å². The largest absolute Gasteiger partial charge is 0.497 e. The molecule has 0 spiro atoms. The van der Waals surface area contributed by atoms with Crippen LogP contribution in [0.1, 0.15) is 10.4 Å². The quantitative estimate of drug-likeness (QED) is 0.245. The molecule has 0 aliphatic carbocycles. The number of carbonyl (C=O) groups excluding carboxylic acids is 2. The average Bonchev–Trinajstić information content (AvgIpc) is 3.19. The smallest absolute Gasteiger partial charge is 0.316 e. The van der Waals surface area contributed by atoms with E-state index in [1.54, 1.807) is 18.2 Å². The first kappa shape index (κ1) is 19.1. The summed E-state index contributed by atoms with van der Waals surface area (Å²) in [6.45, 7) is -0.361.